The molecule has 1 aliphatic carbocycles. The lowest BCUT2D eigenvalue weighted by Crippen LogP contribution is -2.42. The van der Waals surface area contributed by atoms with Gasteiger partial charge >= 0.3 is 0 Å². The van der Waals surface area contributed by atoms with Gasteiger partial charge < -0.3 is 0 Å². The highest BCUT2D eigenvalue weighted by Crippen LogP contribution is 2.32. The van der Waals surface area contributed by atoms with Crippen LogP contribution in [0.3, 0.4) is 0 Å². The molecule has 3 nitrogen and oxygen atoms in total. The molecule has 1 saturated heterocycles. The number of halogens is 1. The number of hydrogen-bond acceptors (Lipinski definition) is 2. The van der Waals surface area contributed by atoms with Gasteiger partial charge in [-0.2, -0.15) is 4.31 Å². The molecule has 0 aromatic carbocycles. The molecule has 5 heteroatoms. The van der Waals surface area contributed by atoms with Gasteiger partial charge in [-0.1, -0.05) is 35.2 Å². The first-order valence-electron chi connectivity index (χ1n) is 7.23. The van der Waals surface area contributed by atoms with Gasteiger partial charge in [0.1, 0.15) is 0 Å². The third-order valence-electron chi connectivity index (χ3n) is 4.29. The monoisotopic (exact) mass is 337 g/mol. The zero-order valence-corrected chi connectivity index (χ0v) is 13.4. The van der Waals surface area contributed by atoms with Crippen molar-refractivity contribution in [3.05, 3.63) is 0 Å². The molecule has 1 unspecified atom stereocenters. The van der Waals surface area contributed by atoms with Crippen LogP contribution in [0.5, 0.6) is 0 Å². The highest BCUT2D eigenvalue weighted by Gasteiger charge is 2.38. The average Bonchev–Trinajstić information content (AvgIpc) is 2.86. The van der Waals surface area contributed by atoms with Crippen LogP contribution in [-0.2, 0) is 10.0 Å². The smallest absolute Gasteiger partial charge is 0.212 e. The molecule has 2 aliphatic rings. The zero-order chi connectivity index (χ0) is 13.0. The van der Waals surface area contributed by atoms with Gasteiger partial charge in [-0.05, 0) is 38.5 Å². The summed E-state index contributed by atoms with van der Waals surface area (Å²) >= 11 is 3.44. The fourth-order valence-corrected chi connectivity index (χ4v) is 5.95. The molecule has 1 atom stereocenters. The molecule has 0 aromatic heterocycles. The van der Waals surface area contributed by atoms with Gasteiger partial charge in [0, 0.05) is 17.9 Å². The number of alkyl halides is 1. The Morgan fingerprint density at radius 3 is 2.44 bits per heavy atom. The molecule has 0 aromatic rings. The zero-order valence-electron chi connectivity index (χ0n) is 11.0. The topological polar surface area (TPSA) is 37.4 Å². The van der Waals surface area contributed by atoms with Gasteiger partial charge in [0.25, 0.3) is 0 Å². The predicted octanol–water partition coefficient (Wildman–Crippen LogP) is 3.29. The van der Waals surface area contributed by atoms with E-state index in [9.17, 15) is 8.42 Å². The maximum atomic E-state index is 12.7. The van der Waals surface area contributed by atoms with E-state index in [0.29, 0.717) is 0 Å². The summed E-state index contributed by atoms with van der Waals surface area (Å²) < 4.78 is 27.2. The molecular formula is C13H24BrNO2S. The van der Waals surface area contributed by atoms with Crippen molar-refractivity contribution < 1.29 is 8.42 Å². The molecule has 1 heterocycles. The largest absolute Gasteiger partial charge is 0.217 e. The highest BCUT2D eigenvalue weighted by molar-refractivity contribution is 9.09. The molecule has 0 radical (unpaired) electrons. The summed E-state index contributed by atoms with van der Waals surface area (Å²) in [6.07, 6.45) is 9.32. The fourth-order valence-electron chi connectivity index (χ4n) is 3.30. The maximum Gasteiger partial charge on any atom is 0.217 e. The summed E-state index contributed by atoms with van der Waals surface area (Å²) in [7, 11) is -3.02. The lowest BCUT2D eigenvalue weighted by atomic mass is 10.0. The van der Waals surface area contributed by atoms with Crippen LogP contribution in [0, 0.1) is 0 Å². The molecule has 0 amide bonds. The van der Waals surface area contributed by atoms with E-state index in [0.717, 1.165) is 63.2 Å². The van der Waals surface area contributed by atoms with Gasteiger partial charge in [-0.25, -0.2) is 8.42 Å². The Morgan fingerprint density at radius 2 is 1.78 bits per heavy atom. The first-order chi connectivity index (χ1) is 8.66. The molecule has 2 fully saturated rings. The predicted molar refractivity (Wildman–Crippen MR) is 78.5 cm³/mol. The summed E-state index contributed by atoms with van der Waals surface area (Å²) in [5, 5.41) is 0.886. The second-order valence-corrected chi connectivity index (χ2v) is 8.50. The lowest BCUT2D eigenvalue weighted by molar-refractivity contribution is 0.354. The Hall–Kier alpha value is 0.390. The van der Waals surface area contributed by atoms with Crippen molar-refractivity contribution in [3.8, 4) is 0 Å². The number of hydrogen-bond donors (Lipinski definition) is 0. The van der Waals surface area contributed by atoms with Crippen LogP contribution in [0.1, 0.15) is 57.8 Å². The molecular weight excluding hydrogens is 314 g/mol. The van der Waals surface area contributed by atoms with Crippen molar-refractivity contribution in [2.45, 2.75) is 69.1 Å². The Balaban J connectivity index is 2.03. The molecule has 1 aliphatic heterocycles. The van der Waals surface area contributed by atoms with Gasteiger partial charge in [0.05, 0.1) is 5.25 Å². The number of nitrogens with zero attached hydrogens (tertiary/aromatic N) is 1. The van der Waals surface area contributed by atoms with Crippen molar-refractivity contribution in [2.24, 2.45) is 0 Å². The molecule has 2 rings (SSSR count). The van der Waals surface area contributed by atoms with Crippen LogP contribution in [0.4, 0.5) is 0 Å². The van der Waals surface area contributed by atoms with Gasteiger partial charge in [-0.15, -0.1) is 0 Å². The van der Waals surface area contributed by atoms with Gasteiger partial charge in [-0.3, -0.25) is 0 Å². The minimum absolute atomic E-state index is 0.0872. The Morgan fingerprint density at radius 1 is 1.06 bits per heavy atom. The Bertz CT molecular complexity index is 352. The van der Waals surface area contributed by atoms with Crippen molar-refractivity contribution >= 4 is 26.0 Å². The number of rotatable bonds is 5. The molecule has 106 valence electrons. The first-order valence-corrected chi connectivity index (χ1v) is 9.85. The quantitative estimate of drug-likeness (QED) is 0.722. The summed E-state index contributed by atoms with van der Waals surface area (Å²) in [6, 6.07) is 0.273. The normalized spacial score (nSPS) is 27.7. The van der Waals surface area contributed by atoms with E-state index in [1.807, 2.05) is 4.31 Å². The van der Waals surface area contributed by atoms with E-state index < -0.39 is 10.0 Å². The van der Waals surface area contributed by atoms with Crippen LogP contribution in [0.2, 0.25) is 0 Å². The van der Waals surface area contributed by atoms with Crippen molar-refractivity contribution in [1.82, 2.24) is 4.31 Å². The molecule has 0 N–H and O–H groups in total. The van der Waals surface area contributed by atoms with Crippen molar-refractivity contribution in [1.29, 1.82) is 0 Å². The van der Waals surface area contributed by atoms with Crippen LogP contribution in [0.25, 0.3) is 0 Å². The van der Waals surface area contributed by atoms with E-state index >= 15 is 0 Å². The SMILES string of the molecule is O=S(=O)(C1CCCCC1)N1CCCC1CCCBr. The molecule has 18 heavy (non-hydrogen) atoms. The van der Waals surface area contributed by atoms with Crippen LogP contribution < -0.4 is 0 Å². The summed E-state index contributed by atoms with van der Waals surface area (Å²) in [5.74, 6) is 0. The second-order valence-electron chi connectivity index (χ2n) is 5.54. The Labute approximate surface area is 119 Å². The second kappa shape index (κ2) is 6.71. The van der Waals surface area contributed by atoms with Crippen LogP contribution >= 0.6 is 15.9 Å². The number of sulfonamides is 1. The van der Waals surface area contributed by atoms with E-state index in [4.69, 9.17) is 0 Å². The summed E-state index contributed by atoms with van der Waals surface area (Å²) in [4.78, 5) is 0. The van der Waals surface area contributed by atoms with Gasteiger partial charge in [0.15, 0.2) is 0 Å². The molecule has 0 spiro atoms. The minimum Gasteiger partial charge on any atom is -0.212 e. The minimum atomic E-state index is -3.02. The van der Waals surface area contributed by atoms with E-state index in [-0.39, 0.29) is 11.3 Å². The standard InChI is InChI=1S/C13H24BrNO2S/c14-10-4-6-12-7-5-11-15(12)18(16,17)13-8-2-1-3-9-13/h12-13H,1-11H2. The maximum absolute atomic E-state index is 12.7. The van der Waals surface area contributed by atoms with Crippen LogP contribution in [-0.4, -0.2) is 35.9 Å². The fraction of sp³-hybridized carbons (Fsp3) is 1.00. The van der Waals surface area contributed by atoms with Crippen molar-refractivity contribution in [3.63, 3.8) is 0 Å². The Kier molecular flexibility index (Phi) is 5.51. The molecule has 0 bridgehead atoms. The average molecular weight is 338 g/mol. The van der Waals surface area contributed by atoms with E-state index in [2.05, 4.69) is 15.9 Å². The lowest BCUT2D eigenvalue weighted by Gasteiger charge is -2.30. The van der Waals surface area contributed by atoms with E-state index in [1.165, 1.54) is 6.42 Å². The van der Waals surface area contributed by atoms with Crippen LogP contribution in [0.15, 0.2) is 0 Å². The summed E-state index contributed by atoms with van der Waals surface area (Å²) in [5.41, 5.74) is 0. The summed E-state index contributed by atoms with van der Waals surface area (Å²) in [6.45, 7) is 0.756. The third kappa shape index (κ3) is 3.28. The third-order valence-corrected chi connectivity index (χ3v) is 7.30. The van der Waals surface area contributed by atoms with E-state index in [1.54, 1.807) is 0 Å². The first kappa shape index (κ1) is 14.8. The highest BCUT2D eigenvalue weighted by atomic mass is 79.9. The molecule has 1 saturated carbocycles. The van der Waals surface area contributed by atoms with Crippen molar-refractivity contribution in [2.75, 3.05) is 11.9 Å². The van der Waals surface area contributed by atoms with Gasteiger partial charge in [0.2, 0.25) is 10.0 Å².